The van der Waals surface area contributed by atoms with Crippen LogP contribution in [0.4, 0.5) is 0 Å². The van der Waals surface area contributed by atoms with Crippen molar-refractivity contribution in [2.24, 2.45) is 0 Å². The summed E-state index contributed by atoms with van der Waals surface area (Å²) in [6.45, 7) is 4.45. The molecule has 0 saturated heterocycles. The standard InChI is InChI=1S/C25H40O3S/c1-3-4-5-6-7-8-9-10-11-12-13-14-15-16-17-18-23-28-29(26,27)25-21-19-24(2)20-22-25/h19-22H,3-9,12-18,23H2,1-2H3. The van der Waals surface area contributed by atoms with E-state index in [1.807, 2.05) is 6.92 Å². The van der Waals surface area contributed by atoms with Crippen LogP contribution >= 0.6 is 0 Å². The fraction of sp³-hybridized carbons (Fsp3) is 0.680. The highest BCUT2D eigenvalue weighted by Crippen LogP contribution is 2.14. The normalized spacial score (nSPS) is 11.2. The Kier molecular flexibility index (Phi) is 14.6. The number of rotatable bonds is 16. The van der Waals surface area contributed by atoms with Crippen LogP contribution in [0.15, 0.2) is 29.2 Å². The molecule has 0 aliphatic carbocycles. The molecule has 3 nitrogen and oxygen atoms in total. The van der Waals surface area contributed by atoms with E-state index in [0.717, 1.165) is 37.7 Å². The van der Waals surface area contributed by atoms with Gasteiger partial charge in [0.15, 0.2) is 0 Å². The first-order valence-electron chi connectivity index (χ1n) is 11.5. The second-order valence-corrected chi connectivity index (χ2v) is 9.45. The lowest BCUT2D eigenvalue weighted by molar-refractivity contribution is 0.306. The summed E-state index contributed by atoms with van der Waals surface area (Å²) in [6, 6.07) is 6.77. The van der Waals surface area contributed by atoms with Gasteiger partial charge in [-0.3, -0.25) is 4.18 Å². The lowest BCUT2D eigenvalue weighted by atomic mass is 10.1. The predicted octanol–water partition coefficient (Wildman–Crippen LogP) is 7.19. The molecule has 29 heavy (non-hydrogen) atoms. The molecule has 0 radical (unpaired) electrons. The number of unbranched alkanes of at least 4 members (excludes halogenated alkanes) is 12. The van der Waals surface area contributed by atoms with Gasteiger partial charge >= 0.3 is 0 Å². The van der Waals surface area contributed by atoms with Gasteiger partial charge in [0.2, 0.25) is 0 Å². The van der Waals surface area contributed by atoms with Crippen LogP contribution in [-0.2, 0) is 14.3 Å². The third-order valence-electron chi connectivity index (χ3n) is 5.02. The molecule has 164 valence electrons. The molecule has 4 heteroatoms. The van der Waals surface area contributed by atoms with E-state index in [1.165, 1.54) is 57.8 Å². The Hall–Kier alpha value is -1.31. The molecule has 0 heterocycles. The van der Waals surface area contributed by atoms with Crippen molar-refractivity contribution in [3.05, 3.63) is 29.8 Å². The predicted molar refractivity (Wildman–Crippen MR) is 122 cm³/mol. The number of hydrogen-bond donors (Lipinski definition) is 0. The summed E-state index contributed by atoms with van der Waals surface area (Å²) in [5, 5.41) is 0. The minimum atomic E-state index is -3.61. The van der Waals surface area contributed by atoms with Crippen molar-refractivity contribution >= 4 is 10.1 Å². The maximum Gasteiger partial charge on any atom is 0.296 e. The quantitative estimate of drug-likeness (QED) is 0.161. The molecule has 0 spiro atoms. The molecule has 0 aliphatic heterocycles. The molecule has 0 bridgehead atoms. The van der Waals surface area contributed by atoms with Crippen LogP contribution in [0, 0.1) is 18.8 Å². The summed E-state index contributed by atoms with van der Waals surface area (Å²) >= 11 is 0. The molecule has 0 aliphatic rings. The van der Waals surface area contributed by atoms with Gasteiger partial charge in [-0.25, -0.2) is 0 Å². The smallest absolute Gasteiger partial charge is 0.266 e. The van der Waals surface area contributed by atoms with E-state index in [0.29, 0.717) is 0 Å². The fourth-order valence-electron chi connectivity index (χ4n) is 3.13. The lowest BCUT2D eigenvalue weighted by Crippen LogP contribution is -2.07. The van der Waals surface area contributed by atoms with E-state index < -0.39 is 10.1 Å². The third-order valence-corrected chi connectivity index (χ3v) is 6.35. The van der Waals surface area contributed by atoms with Crippen LogP contribution in [0.3, 0.4) is 0 Å². The maximum atomic E-state index is 12.1. The summed E-state index contributed by atoms with van der Waals surface area (Å²) in [5.41, 5.74) is 1.03. The van der Waals surface area contributed by atoms with Gasteiger partial charge in [0.05, 0.1) is 11.5 Å². The van der Waals surface area contributed by atoms with Gasteiger partial charge in [0.25, 0.3) is 10.1 Å². The first-order valence-corrected chi connectivity index (χ1v) is 12.9. The fourth-order valence-corrected chi connectivity index (χ4v) is 4.08. The highest BCUT2D eigenvalue weighted by Gasteiger charge is 2.14. The van der Waals surface area contributed by atoms with Crippen LogP contribution in [0.1, 0.15) is 102 Å². The van der Waals surface area contributed by atoms with Gasteiger partial charge in [-0.05, 0) is 38.3 Å². The number of aryl methyl sites for hydroxylation is 1. The Balaban J connectivity index is 1.92. The average Bonchev–Trinajstić information content (AvgIpc) is 2.70. The van der Waals surface area contributed by atoms with Gasteiger partial charge < -0.3 is 0 Å². The lowest BCUT2D eigenvalue weighted by Gasteiger charge is -2.06. The molecule has 0 aromatic heterocycles. The summed E-state index contributed by atoms with van der Waals surface area (Å²) in [6.07, 6.45) is 16.5. The highest BCUT2D eigenvalue weighted by atomic mass is 32.2. The molecule has 0 N–H and O–H groups in total. The first kappa shape index (κ1) is 25.7. The number of hydrogen-bond acceptors (Lipinski definition) is 3. The molecule has 0 atom stereocenters. The monoisotopic (exact) mass is 420 g/mol. The Morgan fingerprint density at radius 2 is 1.21 bits per heavy atom. The van der Waals surface area contributed by atoms with Gasteiger partial charge in [0, 0.05) is 12.8 Å². The van der Waals surface area contributed by atoms with E-state index in [9.17, 15) is 8.42 Å². The van der Waals surface area contributed by atoms with Gasteiger partial charge in [0.1, 0.15) is 0 Å². The molecule has 1 aromatic rings. The second kappa shape index (κ2) is 16.5. The van der Waals surface area contributed by atoms with E-state index in [1.54, 1.807) is 24.3 Å². The van der Waals surface area contributed by atoms with Crippen LogP contribution in [0.2, 0.25) is 0 Å². The van der Waals surface area contributed by atoms with Crippen molar-refractivity contribution in [1.29, 1.82) is 0 Å². The highest BCUT2D eigenvalue weighted by molar-refractivity contribution is 7.86. The first-order chi connectivity index (χ1) is 14.1. The second-order valence-electron chi connectivity index (χ2n) is 7.83. The average molecular weight is 421 g/mol. The Morgan fingerprint density at radius 3 is 1.76 bits per heavy atom. The Morgan fingerprint density at radius 1 is 0.724 bits per heavy atom. The largest absolute Gasteiger partial charge is 0.296 e. The van der Waals surface area contributed by atoms with Crippen LogP contribution in [-0.4, -0.2) is 15.0 Å². The molecule has 1 rings (SSSR count). The zero-order valence-corrected chi connectivity index (χ0v) is 19.4. The van der Waals surface area contributed by atoms with Crippen molar-refractivity contribution in [2.75, 3.05) is 6.61 Å². The van der Waals surface area contributed by atoms with Gasteiger partial charge in [-0.15, -0.1) is 11.8 Å². The summed E-state index contributed by atoms with van der Waals surface area (Å²) in [5.74, 6) is 6.60. The summed E-state index contributed by atoms with van der Waals surface area (Å²) < 4.78 is 29.3. The van der Waals surface area contributed by atoms with Gasteiger partial charge in [-0.2, -0.15) is 8.42 Å². The van der Waals surface area contributed by atoms with Crippen molar-refractivity contribution in [3.8, 4) is 11.8 Å². The molecule has 0 amide bonds. The third kappa shape index (κ3) is 13.5. The summed E-state index contributed by atoms with van der Waals surface area (Å²) in [4.78, 5) is 0.237. The SMILES string of the molecule is CCCCCCCCC#CCCCCCCCCOS(=O)(=O)c1ccc(C)cc1. The van der Waals surface area contributed by atoms with E-state index >= 15 is 0 Å². The molecular formula is C25H40O3S. The molecule has 0 fully saturated rings. The molecule has 0 unspecified atom stereocenters. The van der Waals surface area contributed by atoms with E-state index in [4.69, 9.17) is 4.18 Å². The van der Waals surface area contributed by atoms with Crippen molar-refractivity contribution in [3.63, 3.8) is 0 Å². The zero-order chi connectivity index (χ0) is 21.2. The zero-order valence-electron chi connectivity index (χ0n) is 18.5. The van der Waals surface area contributed by atoms with Crippen molar-refractivity contribution in [2.45, 2.75) is 109 Å². The molecule has 1 aromatic carbocycles. The Labute approximate surface area is 179 Å². The summed E-state index contributed by atoms with van der Waals surface area (Å²) in [7, 11) is -3.61. The maximum absolute atomic E-state index is 12.1. The Bertz CT molecular complexity index is 681. The topological polar surface area (TPSA) is 43.4 Å². The number of benzene rings is 1. The van der Waals surface area contributed by atoms with Crippen LogP contribution in [0.5, 0.6) is 0 Å². The van der Waals surface area contributed by atoms with Crippen LogP contribution in [0.25, 0.3) is 0 Å². The molecule has 0 saturated carbocycles. The van der Waals surface area contributed by atoms with E-state index in [-0.39, 0.29) is 11.5 Å². The minimum Gasteiger partial charge on any atom is -0.266 e. The minimum absolute atomic E-state index is 0.237. The molecular weight excluding hydrogens is 380 g/mol. The van der Waals surface area contributed by atoms with Crippen molar-refractivity contribution in [1.82, 2.24) is 0 Å². The van der Waals surface area contributed by atoms with Crippen molar-refractivity contribution < 1.29 is 12.6 Å². The van der Waals surface area contributed by atoms with Gasteiger partial charge in [-0.1, -0.05) is 82.4 Å². The van der Waals surface area contributed by atoms with E-state index in [2.05, 4.69) is 18.8 Å². The van der Waals surface area contributed by atoms with Crippen LogP contribution < -0.4 is 0 Å².